The van der Waals surface area contributed by atoms with Gasteiger partial charge in [-0.15, -0.1) is 0 Å². The predicted octanol–water partition coefficient (Wildman–Crippen LogP) is 4.23. The van der Waals surface area contributed by atoms with Crippen molar-refractivity contribution in [1.82, 2.24) is 4.98 Å². The molecular weight excluding hydrogens is 413 g/mol. The molecule has 168 valence electrons. The number of benzene rings is 1. The number of morpholine rings is 1. The zero-order chi connectivity index (χ0) is 22.3. The third-order valence-corrected chi connectivity index (χ3v) is 4.87. The van der Waals surface area contributed by atoms with Crippen LogP contribution in [0.4, 0.5) is 18.9 Å². The van der Waals surface area contributed by atoms with Crippen LogP contribution in [0, 0.1) is 0 Å². The Morgan fingerprint density at radius 3 is 2.74 bits per heavy atom. The summed E-state index contributed by atoms with van der Waals surface area (Å²) in [5.74, 6) is 0.288. The smallest absolute Gasteiger partial charge is 0.416 e. The first-order chi connectivity index (χ1) is 14.8. The van der Waals surface area contributed by atoms with Crippen molar-refractivity contribution in [2.24, 2.45) is 0 Å². The standard InChI is InChI=1S/C22H25F3N2O4/c1-2-29-21(28)8-7-19-14-27(9-10-30-19)18-11-20(13-26-12-18)31-15-16-3-5-17(6-4-16)22(23,24)25/h3-6,11-13,19H,2,7-10,14-15H2,1H3/t19-/m0/s1. The number of ether oxygens (including phenoxy) is 3. The van der Waals surface area contributed by atoms with Crippen molar-refractivity contribution in [3.63, 3.8) is 0 Å². The van der Waals surface area contributed by atoms with E-state index in [0.29, 0.717) is 50.5 Å². The zero-order valence-corrected chi connectivity index (χ0v) is 17.2. The highest BCUT2D eigenvalue weighted by Gasteiger charge is 2.30. The molecule has 2 aromatic rings. The Bertz CT molecular complexity index is 859. The normalized spacial score (nSPS) is 16.8. The largest absolute Gasteiger partial charge is 0.487 e. The number of carbonyl (C=O) groups is 1. The minimum Gasteiger partial charge on any atom is -0.487 e. The second-order valence-corrected chi connectivity index (χ2v) is 7.14. The summed E-state index contributed by atoms with van der Waals surface area (Å²) >= 11 is 0. The van der Waals surface area contributed by atoms with Gasteiger partial charge >= 0.3 is 12.1 Å². The first kappa shape index (κ1) is 22.9. The van der Waals surface area contributed by atoms with Crippen LogP contribution in [0.5, 0.6) is 5.75 Å². The molecule has 0 aliphatic carbocycles. The number of anilines is 1. The van der Waals surface area contributed by atoms with E-state index in [1.165, 1.54) is 12.1 Å². The lowest BCUT2D eigenvalue weighted by Crippen LogP contribution is -2.42. The molecule has 0 unspecified atom stereocenters. The molecule has 1 saturated heterocycles. The van der Waals surface area contributed by atoms with Gasteiger partial charge in [-0.05, 0) is 31.0 Å². The van der Waals surface area contributed by atoms with E-state index in [9.17, 15) is 18.0 Å². The first-order valence-corrected chi connectivity index (χ1v) is 10.1. The van der Waals surface area contributed by atoms with Crippen molar-refractivity contribution in [2.75, 3.05) is 31.2 Å². The molecule has 1 aliphatic heterocycles. The number of carbonyl (C=O) groups excluding carboxylic acids is 1. The van der Waals surface area contributed by atoms with E-state index in [1.54, 1.807) is 19.3 Å². The lowest BCUT2D eigenvalue weighted by molar-refractivity contribution is -0.144. The Labute approximate surface area is 178 Å². The Hall–Kier alpha value is -2.81. The van der Waals surface area contributed by atoms with Gasteiger partial charge < -0.3 is 19.1 Å². The van der Waals surface area contributed by atoms with Crippen molar-refractivity contribution in [3.05, 3.63) is 53.9 Å². The third-order valence-electron chi connectivity index (χ3n) is 4.87. The van der Waals surface area contributed by atoms with E-state index in [2.05, 4.69) is 9.88 Å². The van der Waals surface area contributed by atoms with Crippen LogP contribution in [0.3, 0.4) is 0 Å². The van der Waals surface area contributed by atoms with Crippen LogP contribution in [0.15, 0.2) is 42.7 Å². The van der Waals surface area contributed by atoms with Crippen molar-refractivity contribution in [3.8, 4) is 5.75 Å². The molecule has 0 amide bonds. The molecule has 0 radical (unpaired) electrons. The third kappa shape index (κ3) is 6.85. The molecule has 0 N–H and O–H groups in total. The van der Waals surface area contributed by atoms with Crippen LogP contribution in [0.2, 0.25) is 0 Å². The van der Waals surface area contributed by atoms with Crippen LogP contribution < -0.4 is 9.64 Å². The van der Waals surface area contributed by atoms with E-state index >= 15 is 0 Å². The quantitative estimate of drug-likeness (QED) is 0.575. The molecule has 3 rings (SSSR count). The lowest BCUT2D eigenvalue weighted by atomic mass is 10.1. The minimum atomic E-state index is -4.36. The molecule has 9 heteroatoms. The summed E-state index contributed by atoms with van der Waals surface area (Å²) in [7, 11) is 0. The molecule has 31 heavy (non-hydrogen) atoms. The Morgan fingerprint density at radius 1 is 1.26 bits per heavy atom. The summed E-state index contributed by atoms with van der Waals surface area (Å²) < 4.78 is 54.4. The van der Waals surface area contributed by atoms with Crippen LogP contribution in [-0.2, 0) is 27.1 Å². The number of alkyl halides is 3. The highest BCUT2D eigenvalue weighted by Crippen LogP contribution is 2.29. The molecule has 6 nitrogen and oxygen atoms in total. The zero-order valence-electron chi connectivity index (χ0n) is 17.2. The topological polar surface area (TPSA) is 60.9 Å². The summed E-state index contributed by atoms with van der Waals surface area (Å²) in [6.07, 6.45) is -0.280. The second kappa shape index (κ2) is 10.5. The Kier molecular flexibility index (Phi) is 7.73. The summed E-state index contributed by atoms with van der Waals surface area (Å²) in [6.45, 7) is 4.10. The van der Waals surface area contributed by atoms with E-state index in [0.717, 1.165) is 17.8 Å². The summed E-state index contributed by atoms with van der Waals surface area (Å²) in [6, 6.07) is 6.71. The maximum Gasteiger partial charge on any atom is 0.416 e. The van der Waals surface area contributed by atoms with Gasteiger partial charge in [0.2, 0.25) is 0 Å². The van der Waals surface area contributed by atoms with E-state index in [1.807, 2.05) is 6.07 Å². The number of nitrogens with zero attached hydrogens (tertiary/aromatic N) is 2. The van der Waals surface area contributed by atoms with E-state index in [-0.39, 0.29) is 18.7 Å². The number of hydrogen-bond donors (Lipinski definition) is 0. The lowest BCUT2D eigenvalue weighted by Gasteiger charge is -2.34. The Morgan fingerprint density at radius 2 is 2.03 bits per heavy atom. The molecule has 0 saturated carbocycles. The number of halogens is 3. The number of pyridine rings is 1. The second-order valence-electron chi connectivity index (χ2n) is 7.14. The van der Waals surface area contributed by atoms with Crippen molar-refractivity contribution in [1.29, 1.82) is 0 Å². The van der Waals surface area contributed by atoms with Gasteiger partial charge in [0.1, 0.15) is 12.4 Å². The SMILES string of the molecule is CCOC(=O)CC[C@H]1CN(c2cncc(OCc3ccc(C(F)(F)F)cc3)c2)CCO1. The van der Waals surface area contributed by atoms with Crippen LogP contribution in [-0.4, -0.2) is 43.4 Å². The number of aromatic nitrogens is 1. The highest BCUT2D eigenvalue weighted by atomic mass is 19.4. The van der Waals surface area contributed by atoms with Crippen molar-refractivity contribution in [2.45, 2.75) is 38.7 Å². The molecular formula is C22H25F3N2O4. The summed E-state index contributed by atoms with van der Waals surface area (Å²) in [4.78, 5) is 17.9. The van der Waals surface area contributed by atoms with E-state index in [4.69, 9.17) is 14.2 Å². The minimum absolute atomic E-state index is 0.0881. The van der Waals surface area contributed by atoms with Gasteiger partial charge in [0.25, 0.3) is 0 Å². The van der Waals surface area contributed by atoms with Gasteiger partial charge in [0.05, 0.1) is 43.0 Å². The molecule has 1 aliphatic rings. The average molecular weight is 438 g/mol. The van der Waals surface area contributed by atoms with Crippen LogP contribution in [0.25, 0.3) is 0 Å². The van der Waals surface area contributed by atoms with Gasteiger partial charge in [-0.3, -0.25) is 9.78 Å². The summed E-state index contributed by atoms with van der Waals surface area (Å²) in [5, 5.41) is 0. The maximum atomic E-state index is 12.7. The van der Waals surface area contributed by atoms with Crippen LogP contribution >= 0.6 is 0 Å². The fourth-order valence-corrected chi connectivity index (χ4v) is 3.26. The maximum absolute atomic E-state index is 12.7. The van der Waals surface area contributed by atoms with E-state index < -0.39 is 11.7 Å². The van der Waals surface area contributed by atoms with Gasteiger partial charge in [-0.2, -0.15) is 13.2 Å². The van der Waals surface area contributed by atoms with Gasteiger partial charge in [0.15, 0.2) is 0 Å². The predicted molar refractivity (Wildman–Crippen MR) is 108 cm³/mol. The molecule has 0 bridgehead atoms. The molecule has 1 fully saturated rings. The van der Waals surface area contributed by atoms with Crippen molar-refractivity contribution >= 4 is 11.7 Å². The van der Waals surface area contributed by atoms with Gasteiger partial charge in [-0.25, -0.2) is 0 Å². The molecule has 1 aromatic carbocycles. The Balaban J connectivity index is 1.55. The number of rotatable bonds is 8. The fraction of sp³-hybridized carbons (Fsp3) is 0.455. The molecule has 1 atom stereocenters. The number of hydrogen-bond acceptors (Lipinski definition) is 6. The number of esters is 1. The van der Waals surface area contributed by atoms with Gasteiger partial charge in [0, 0.05) is 25.6 Å². The van der Waals surface area contributed by atoms with Crippen molar-refractivity contribution < 1.29 is 32.2 Å². The fourth-order valence-electron chi connectivity index (χ4n) is 3.26. The first-order valence-electron chi connectivity index (χ1n) is 10.1. The monoisotopic (exact) mass is 438 g/mol. The highest BCUT2D eigenvalue weighted by molar-refractivity contribution is 5.69. The molecule has 2 heterocycles. The molecule has 0 spiro atoms. The molecule has 1 aromatic heterocycles. The summed E-state index contributed by atoms with van der Waals surface area (Å²) in [5.41, 5.74) is 0.794. The van der Waals surface area contributed by atoms with Crippen LogP contribution in [0.1, 0.15) is 30.9 Å². The average Bonchev–Trinajstić information content (AvgIpc) is 2.77. The van der Waals surface area contributed by atoms with Gasteiger partial charge in [-0.1, -0.05) is 12.1 Å².